The van der Waals surface area contributed by atoms with Gasteiger partial charge in [0.1, 0.15) is 0 Å². The summed E-state index contributed by atoms with van der Waals surface area (Å²) in [6.07, 6.45) is 1.13. The van der Waals surface area contributed by atoms with Gasteiger partial charge < -0.3 is 5.32 Å². The Hall–Kier alpha value is 0.0500. The molecule has 4 heteroatoms. The van der Waals surface area contributed by atoms with E-state index in [1.165, 1.54) is 0 Å². The van der Waals surface area contributed by atoms with Crippen LogP contribution < -0.4 is 5.32 Å². The minimum atomic E-state index is 0. The molecule has 0 spiro atoms. The van der Waals surface area contributed by atoms with Crippen LogP contribution in [0.2, 0.25) is 10.0 Å². The second-order valence-corrected chi connectivity index (χ2v) is 3.75. The van der Waals surface area contributed by atoms with Gasteiger partial charge in [-0.3, -0.25) is 0 Å². The van der Waals surface area contributed by atoms with Crippen LogP contribution in [0, 0.1) is 0 Å². The molecule has 2 rings (SSSR count). The van der Waals surface area contributed by atoms with Crippen molar-refractivity contribution >= 4 is 35.6 Å². The summed E-state index contributed by atoms with van der Waals surface area (Å²) in [5, 5.41) is 4.80. The van der Waals surface area contributed by atoms with E-state index in [-0.39, 0.29) is 12.4 Å². The first kappa shape index (κ1) is 11.1. The van der Waals surface area contributed by atoms with Crippen molar-refractivity contribution in [3.63, 3.8) is 0 Å². The summed E-state index contributed by atoms with van der Waals surface area (Å²) in [7, 11) is 0. The normalized spacial score (nSPS) is 20.3. The molecule has 0 unspecified atom stereocenters. The second kappa shape index (κ2) is 4.52. The quantitative estimate of drug-likeness (QED) is 0.790. The van der Waals surface area contributed by atoms with Crippen molar-refractivity contribution in [2.45, 2.75) is 12.5 Å². The molecule has 0 aromatic heterocycles. The van der Waals surface area contributed by atoms with Gasteiger partial charge in [-0.1, -0.05) is 29.3 Å². The fourth-order valence-electron chi connectivity index (χ4n) is 1.38. The average Bonchev–Trinajstić information content (AvgIpc) is 1.93. The summed E-state index contributed by atoms with van der Waals surface area (Å²) < 4.78 is 0. The molecule has 1 N–H and O–H groups in total. The lowest BCUT2D eigenvalue weighted by molar-refractivity contribution is 0.383. The lowest BCUT2D eigenvalue weighted by Gasteiger charge is -2.29. The first-order chi connectivity index (χ1) is 5.79. The first-order valence-corrected chi connectivity index (χ1v) is 4.72. The first-order valence-electron chi connectivity index (χ1n) is 3.96. The zero-order chi connectivity index (χ0) is 8.55. The molecule has 1 aromatic carbocycles. The van der Waals surface area contributed by atoms with Gasteiger partial charge in [0.15, 0.2) is 0 Å². The van der Waals surface area contributed by atoms with Gasteiger partial charge in [0.05, 0.1) is 0 Å². The topological polar surface area (TPSA) is 12.0 Å². The number of hydrogen-bond acceptors (Lipinski definition) is 1. The fourth-order valence-corrected chi connectivity index (χ4v) is 2.04. The molecule has 0 aliphatic carbocycles. The molecule has 1 aliphatic heterocycles. The Labute approximate surface area is 93.8 Å². The molecule has 0 amide bonds. The van der Waals surface area contributed by atoms with Gasteiger partial charge >= 0.3 is 0 Å². The standard InChI is InChI=1S/C9H9Cl2N.ClH/c10-6-2-1-3-7(11)9(6)8-4-5-12-8;/h1-3,8,12H,4-5H2;1H/t8-;/m0./s1. The molecular formula is C9H10Cl3N. The van der Waals surface area contributed by atoms with Crippen LogP contribution in [0.4, 0.5) is 0 Å². The largest absolute Gasteiger partial charge is 0.310 e. The van der Waals surface area contributed by atoms with Gasteiger partial charge in [-0.05, 0) is 25.1 Å². The highest BCUT2D eigenvalue weighted by atomic mass is 35.5. The number of nitrogens with one attached hydrogen (secondary N) is 1. The van der Waals surface area contributed by atoms with Crippen LogP contribution >= 0.6 is 35.6 Å². The fraction of sp³-hybridized carbons (Fsp3) is 0.333. The zero-order valence-corrected chi connectivity index (χ0v) is 9.22. The van der Waals surface area contributed by atoms with E-state index in [2.05, 4.69) is 5.32 Å². The number of benzene rings is 1. The second-order valence-electron chi connectivity index (χ2n) is 2.93. The molecule has 72 valence electrons. The summed E-state index contributed by atoms with van der Waals surface area (Å²) in [6.45, 7) is 1.06. The molecule has 1 fully saturated rings. The van der Waals surface area contributed by atoms with Crippen LogP contribution in [-0.2, 0) is 0 Å². The number of hydrogen-bond donors (Lipinski definition) is 1. The third kappa shape index (κ3) is 2.10. The third-order valence-electron chi connectivity index (χ3n) is 2.17. The Balaban J connectivity index is 0.000000845. The average molecular weight is 239 g/mol. The summed E-state index contributed by atoms with van der Waals surface area (Å²) in [5.74, 6) is 0. The third-order valence-corrected chi connectivity index (χ3v) is 2.83. The van der Waals surface area contributed by atoms with Crippen molar-refractivity contribution in [3.05, 3.63) is 33.8 Å². The van der Waals surface area contributed by atoms with E-state index in [9.17, 15) is 0 Å². The van der Waals surface area contributed by atoms with E-state index in [1.807, 2.05) is 18.2 Å². The molecular weight excluding hydrogens is 228 g/mol. The maximum Gasteiger partial charge on any atom is 0.0468 e. The Kier molecular flexibility index (Phi) is 3.87. The van der Waals surface area contributed by atoms with Crippen molar-refractivity contribution in [1.29, 1.82) is 0 Å². The van der Waals surface area contributed by atoms with E-state index in [0.717, 1.165) is 28.6 Å². The molecule has 1 aliphatic rings. The highest BCUT2D eigenvalue weighted by molar-refractivity contribution is 6.36. The van der Waals surface area contributed by atoms with Crippen molar-refractivity contribution in [2.75, 3.05) is 6.54 Å². The lowest BCUT2D eigenvalue weighted by Crippen LogP contribution is -2.35. The molecule has 1 aromatic rings. The summed E-state index contributed by atoms with van der Waals surface area (Å²) in [4.78, 5) is 0. The molecule has 1 heterocycles. The van der Waals surface area contributed by atoms with Crippen molar-refractivity contribution < 1.29 is 0 Å². The SMILES string of the molecule is Cl.Clc1cccc(Cl)c1[C@@H]1CCN1. The molecule has 0 saturated carbocycles. The predicted molar refractivity (Wildman–Crippen MR) is 59.1 cm³/mol. The Bertz CT molecular complexity index is 277. The van der Waals surface area contributed by atoms with Crippen LogP contribution in [0.15, 0.2) is 18.2 Å². The molecule has 1 atom stereocenters. The maximum absolute atomic E-state index is 6.01. The minimum absolute atomic E-state index is 0. The van der Waals surface area contributed by atoms with Gasteiger partial charge in [0.2, 0.25) is 0 Å². The maximum atomic E-state index is 6.01. The van der Waals surface area contributed by atoms with E-state index in [0.29, 0.717) is 6.04 Å². The zero-order valence-electron chi connectivity index (χ0n) is 6.89. The van der Waals surface area contributed by atoms with E-state index < -0.39 is 0 Å². The molecule has 1 saturated heterocycles. The van der Waals surface area contributed by atoms with Gasteiger partial charge in [0.25, 0.3) is 0 Å². The molecule has 1 nitrogen and oxygen atoms in total. The molecule has 13 heavy (non-hydrogen) atoms. The highest BCUT2D eigenvalue weighted by Gasteiger charge is 2.22. The summed E-state index contributed by atoms with van der Waals surface area (Å²) in [5.41, 5.74) is 1.05. The van der Waals surface area contributed by atoms with E-state index >= 15 is 0 Å². The highest BCUT2D eigenvalue weighted by Crippen LogP contribution is 2.34. The summed E-state index contributed by atoms with van der Waals surface area (Å²) in [6, 6.07) is 5.99. The van der Waals surface area contributed by atoms with Crippen molar-refractivity contribution in [2.24, 2.45) is 0 Å². The molecule has 0 bridgehead atoms. The number of rotatable bonds is 1. The van der Waals surface area contributed by atoms with E-state index in [1.54, 1.807) is 0 Å². The smallest absolute Gasteiger partial charge is 0.0468 e. The van der Waals surface area contributed by atoms with Crippen LogP contribution in [-0.4, -0.2) is 6.54 Å². The Morgan fingerprint density at radius 3 is 2.15 bits per heavy atom. The van der Waals surface area contributed by atoms with Crippen LogP contribution in [0.25, 0.3) is 0 Å². The van der Waals surface area contributed by atoms with Crippen molar-refractivity contribution in [1.82, 2.24) is 5.32 Å². The summed E-state index contributed by atoms with van der Waals surface area (Å²) >= 11 is 12.0. The van der Waals surface area contributed by atoms with Gasteiger partial charge in [0, 0.05) is 21.7 Å². The Morgan fingerprint density at radius 1 is 1.23 bits per heavy atom. The van der Waals surface area contributed by atoms with E-state index in [4.69, 9.17) is 23.2 Å². The van der Waals surface area contributed by atoms with Crippen LogP contribution in [0.3, 0.4) is 0 Å². The number of halogens is 3. The van der Waals surface area contributed by atoms with Crippen LogP contribution in [0.1, 0.15) is 18.0 Å². The monoisotopic (exact) mass is 237 g/mol. The van der Waals surface area contributed by atoms with Gasteiger partial charge in [-0.25, -0.2) is 0 Å². The predicted octanol–water partition coefficient (Wildman–Crippen LogP) is 3.45. The van der Waals surface area contributed by atoms with Crippen LogP contribution in [0.5, 0.6) is 0 Å². The van der Waals surface area contributed by atoms with Gasteiger partial charge in [-0.2, -0.15) is 0 Å². The molecule has 0 radical (unpaired) electrons. The van der Waals surface area contributed by atoms with Crippen molar-refractivity contribution in [3.8, 4) is 0 Å². The lowest BCUT2D eigenvalue weighted by atomic mass is 9.98. The van der Waals surface area contributed by atoms with Gasteiger partial charge in [-0.15, -0.1) is 12.4 Å². The Morgan fingerprint density at radius 2 is 1.77 bits per heavy atom. The minimum Gasteiger partial charge on any atom is -0.310 e.